The van der Waals surface area contributed by atoms with E-state index in [0.717, 1.165) is 19.4 Å². The molecule has 0 aromatic heterocycles. The molecule has 0 heterocycles. The molecule has 5 nitrogen and oxygen atoms in total. The number of aliphatic carboxylic acids is 1. The fraction of sp³-hybridized carbons (Fsp3) is 0.875. The van der Waals surface area contributed by atoms with Crippen molar-refractivity contribution in [3.63, 3.8) is 0 Å². The van der Waals surface area contributed by atoms with Crippen molar-refractivity contribution in [1.82, 2.24) is 9.80 Å². The minimum absolute atomic E-state index is 0.0566. The van der Waals surface area contributed by atoms with Crippen LogP contribution >= 0.6 is 0 Å². The average Bonchev–Trinajstić information content (AvgIpc) is 2.76. The monoisotopic (exact) mass is 296 g/mol. The normalized spacial score (nSPS) is 27.9. The van der Waals surface area contributed by atoms with Crippen molar-refractivity contribution in [2.75, 3.05) is 27.2 Å². The van der Waals surface area contributed by atoms with E-state index >= 15 is 0 Å². The number of hydrogen-bond acceptors (Lipinski definition) is 3. The minimum atomic E-state index is -0.836. The van der Waals surface area contributed by atoms with E-state index in [4.69, 9.17) is 0 Å². The Bertz CT molecular complexity index is 414. The zero-order chi connectivity index (χ0) is 15.8. The molecule has 0 aliphatic heterocycles. The Morgan fingerprint density at radius 1 is 1.10 bits per heavy atom. The predicted molar refractivity (Wildman–Crippen MR) is 80.9 cm³/mol. The number of likely N-dealkylation sites (N-methyl/N-ethyl adjacent to an activating group) is 1. The Morgan fingerprint density at radius 3 is 2.10 bits per heavy atom. The number of hydrogen-bond donors (Lipinski definition) is 1. The maximum atomic E-state index is 12.9. The number of nitrogens with zero attached hydrogens (tertiary/aromatic N) is 2. The van der Waals surface area contributed by atoms with Crippen LogP contribution in [-0.4, -0.2) is 60.0 Å². The van der Waals surface area contributed by atoms with Crippen LogP contribution in [0.5, 0.6) is 0 Å². The van der Waals surface area contributed by atoms with E-state index in [9.17, 15) is 14.7 Å². The molecular formula is C16H28N2O3. The number of rotatable bonds is 6. The van der Waals surface area contributed by atoms with Crippen LogP contribution < -0.4 is 0 Å². The van der Waals surface area contributed by atoms with Crippen LogP contribution in [0.15, 0.2) is 0 Å². The van der Waals surface area contributed by atoms with Crippen LogP contribution in [0.1, 0.15) is 39.5 Å². The maximum absolute atomic E-state index is 12.9. The molecule has 2 fully saturated rings. The number of carbonyl (C=O) groups excluding carboxylic acids is 1. The molecule has 0 radical (unpaired) electrons. The van der Waals surface area contributed by atoms with E-state index in [2.05, 4.69) is 4.90 Å². The fourth-order valence-electron chi connectivity index (χ4n) is 3.73. The highest BCUT2D eigenvalue weighted by Crippen LogP contribution is 2.59. The highest BCUT2D eigenvalue weighted by Gasteiger charge is 2.66. The number of carboxylic acid groups (broad SMARTS) is 1. The average molecular weight is 296 g/mol. The molecule has 2 atom stereocenters. The Labute approximate surface area is 127 Å². The van der Waals surface area contributed by atoms with Crippen molar-refractivity contribution in [2.24, 2.45) is 17.3 Å². The molecule has 0 spiro atoms. The van der Waals surface area contributed by atoms with Crippen LogP contribution in [0.4, 0.5) is 0 Å². The lowest BCUT2D eigenvalue weighted by Crippen LogP contribution is -2.44. The number of carboxylic acids is 1. The van der Waals surface area contributed by atoms with E-state index in [-0.39, 0.29) is 11.8 Å². The van der Waals surface area contributed by atoms with Gasteiger partial charge in [-0.2, -0.15) is 0 Å². The van der Waals surface area contributed by atoms with E-state index in [0.29, 0.717) is 12.6 Å². The van der Waals surface area contributed by atoms with Crippen molar-refractivity contribution in [3.05, 3.63) is 0 Å². The molecule has 5 heteroatoms. The van der Waals surface area contributed by atoms with E-state index < -0.39 is 17.3 Å². The summed E-state index contributed by atoms with van der Waals surface area (Å²) in [4.78, 5) is 28.2. The topological polar surface area (TPSA) is 60.9 Å². The van der Waals surface area contributed by atoms with Crippen LogP contribution in [0.2, 0.25) is 0 Å². The first-order chi connectivity index (χ1) is 9.76. The van der Waals surface area contributed by atoms with E-state index in [1.54, 1.807) is 0 Å². The lowest BCUT2D eigenvalue weighted by atomic mass is 10.1. The molecule has 2 aliphatic carbocycles. The maximum Gasteiger partial charge on any atom is 0.307 e. The second-order valence-electron chi connectivity index (χ2n) is 7.39. The van der Waals surface area contributed by atoms with E-state index in [1.165, 1.54) is 12.8 Å². The largest absolute Gasteiger partial charge is 0.481 e. The van der Waals surface area contributed by atoms with Gasteiger partial charge in [-0.3, -0.25) is 9.59 Å². The summed E-state index contributed by atoms with van der Waals surface area (Å²) >= 11 is 0. The number of carbonyl (C=O) groups is 2. The molecule has 2 saturated carbocycles. The lowest BCUT2D eigenvalue weighted by Gasteiger charge is -2.31. The van der Waals surface area contributed by atoms with Gasteiger partial charge >= 0.3 is 5.97 Å². The Balaban J connectivity index is 2.09. The SMILES string of the molecule is CN(C)CCN(C(=O)[C@@H]1[C@H](C(=O)O)C1(C)C)C1CCCC1. The first-order valence-electron chi connectivity index (χ1n) is 7.95. The van der Waals surface area contributed by atoms with Gasteiger partial charge in [-0.15, -0.1) is 0 Å². The van der Waals surface area contributed by atoms with Crippen LogP contribution in [0.3, 0.4) is 0 Å². The third kappa shape index (κ3) is 3.23. The van der Waals surface area contributed by atoms with Crippen molar-refractivity contribution in [2.45, 2.75) is 45.6 Å². The molecule has 0 unspecified atom stereocenters. The van der Waals surface area contributed by atoms with Crippen LogP contribution in [0, 0.1) is 17.3 Å². The molecule has 120 valence electrons. The summed E-state index contributed by atoms with van der Waals surface area (Å²) < 4.78 is 0. The van der Waals surface area contributed by atoms with Gasteiger partial charge in [0.2, 0.25) is 5.91 Å². The van der Waals surface area contributed by atoms with Gasteiger partial charge in [0.05, 0.1) is 11.8 Å². The van der Waals surface area contributed by atoms with Gasteiger partial charge in [0.15, 0.2) is 0 Å². The minimum Gasteiger partial charge on any atom is -0.481 e. The van der Waals surface area contributed by atoms with Gasteiger partial charge in [0.1, 0.15) is 0 Å². The molecule has 1 amide bonds. The summed E-state index contributed by atoms with van der Waals surface area (Å²) in [5, 5.41) is 9.29. The summed E-state index contributed by atoms with van der Waals surface area (Å²) in [5.74, 6) is -1.65. The zero-order valence-electron chi connectivity index (χ0n) is 13.6. The van der Waals surface area contributed by atoms with Gasteiger partial charge in [-0.05, 0) is 32.4 Å². The molecule has 2 aliphatic rings. The number of amides is 1. The first-order valence-corrected chi connectivity index (χ1v) is 7.95. The van der Waals surface area contributed by atoms with Gasteiger partial charge in [-0.1, -0.05) is 26.7 Å². The second kappa shape index (κ2) is 5.95. The lowest BCUT2D eigenvalue weighted by molar-refractivity contribution is -0.142. The molecule has 1 N–H and O–H groups in total. The Kier molecular flexibility index (Phi) is 4.61. The highest BCUT2D eigenvalue weighted by molar-refractivity contribution is 5.91. The second-order valence-corrected chi connectivity index (χ2v) is 7.39. The first kappa shape index (κ1) is 16.3. The van der Waals surface area contributed by atoms with Crippen molar-refractivity contribution >= 4 is 11.9 Å². The molecule has 0 aromatic rings. The predicted octanol–water partition coefficient (Wildman–Crippen LogP) is 1.68. The summed E-state index contributed by atoms with van der Waals surface area (Å²) in [6, 6.07) is 0.309. The van der Waals surface area contributed by atoms with Crippen LogP contribution in [-0.2, 0) is 9.59 Å². The van der Waals surface area contributed by atoms with Crippen LogP contribution in [0.25, 0.3) is 0 Å². The van der Waals surface area contributed by atoms with Gasteiger partial charge in [0, 0.05) is 19.1 Å². The van der Waals surface area contributed by atoms with Gasteiger partial charge in [-0.25, -0.2) is 0 Å². The molecule has 2 rings (SSSR count). The Morgan fingerprint density at radius 2 is 1.67 bits per heavy atom. The molecule has 0 aromatic carbocycles. The third-order valence-corrected chi connectivity index (χ3v) is 5.20. The zero-order valence-corrected chi connectivity index (χ0v) is 13.6. The molecule has 21 heavy (non-hydrogen) atoms. The molecule has 0 bridgehead atoms. The molecular weight excluding hydrogens is 268 g/mol. The summed E-state index contributed by atoms with van der Waals surface area (Å²) in [6.45, 7) is 5.32. The molecule has 0 saturated heterocycles. The Hall–Kier alpha value is -1.10. The van der Waals surface area contributed by atoms with E-state index in [1.807, 2.05) is 32.8 Å². The summed E-state index contributed by atoms with van der Waals surface area (Å²) in [6.07, 6.45) is 4.47. The van der Waals surface area contributed by atoms with Gasteiger partial charge in [0.25, 0.3) is 0 Å². The highest BCUT2D eigenvalue weighted by atomic mass is 16.4. The standard InChI is InChI=1S/C16H28N2O3/c1-16(2)12(13(16)15(20)21)14(19)18(10-9-17(3)4)11-7-5-6-8-11/h11-13H,5-10H2,1-4H3,(H,20,21)/t12-,13+/m0/s1. The quantitative estimate of drug-likeness (QED) is 0.810. The summed E-state index contributed by atoms with van der Waals surface area (Å²) in [5.41, 5.74) is -0.405. The fourth-order valence-corrected chi connectivity index (χ4v) is 3.73. The van der Waals surface area contributed by atoms with Crippen molar-refractivity contribution in [3.8, 4) is 0 Å². The third-order valence-electron chi connectivity index (χ3n) is 5.20. The van der Waals surface area contributed by atoms with Gasteiger partial charge < -0.3 is 14.9 Å². The smallest absolute Gasteiger partial charge is 0.307 e. The van der Waals surface area contributed by atoms with Crippen molar-refractivity contribution in [1.29, 1.82) is 0 Å². The van der Waals surface area contributed by atoms with Crippen molar-refractivity contribution < 1.29 is 14.7 Å². The summed E-state index contributed by atoms with van der Waals surface area (Å²) in [7, 11) is 4.00.